The van der Waals surface area contributed by atoms with Gasteiger partial charge in [-0.3, -0.25) is 5.43 Å². The van der Waals surface area contributed by atoms with Crippen LogP contribution in [0.15, 0.2) is 12.1 Å². The highest BCUT2D eigenvalue weighted by atomic mass is 16.6. The average molecular weight is 251 g/mol. The Hall–Kier alpha value is -1.95. The van der Waals surface area contributed by atoms with Gasteiger partial charge in [-0.25, -0.2) is 10.6 Å². The fraction of sp³-hybridized carbons (Fsp3) is 0.417. The highest BCUT2D eigenvalue weighted by molar-refractivity contribution is 5.73. The van der Waals surface area contributed by atoms with Crippen LogP contribution in [0.1, 0.15) is 11.1 Å². The second-order valence-electron chi connectivity index (χ2n) is 4.23. The maximum absolute atomic E-state index is 11.4. The third-order valence-electron chi connectivity index (χ3n) is 2.88. The first-order valence-electron chi connectivity index (χ1n) is 5.72. The van der Waals surface area contributed by atoms with E-state index >= 15 is 0 Å². The van der Waals surface area contributed by atoms with Crippen LogP contribution in [0.4, 0.5) is 4.79 Å². The van der Waals surface area contributed by atoms with Gasteiger partial charge in [-0.1, -0.05) is 0 Å². The third kappa shape index (κ3) is 2.48. The molecule has 2 amide bonds. The Balaban J connectivity index is 2.20. The molecule has 1 aromatic carbocycles. The number of rotatable bonds is 2. The molecule has 3 N–H and O–H groups in total. The van der Waals surface area contributed by atoms with Gasteiger partial charge in [0.25, 0.3) is 0 Å². The smallest absolute Gasteiger partial charge is 0.331 e. The highest BCUT2D eigenvalue weighted by Crippen LogP contribution is 2.33. The number of hydrogen-bond donors (Lipinski definition) is 2. The molecule has 18 heavy (non-hydrogen) atoms. The summed E-state index contributed by atoms with van der Waals surface area (Å²) in [6, 6.07) is 3.51. The number of fused-ring (bicyclic) bond motifs is 1. The molecule has 0 bridgehead atoms. The van der Waals surface area contributed by atoms with Crippen LogP contribution in [0.25, 0.3) is 0 Å². The molecule has 0 saturated carbocycles. The summed E-state index contributed by atoms with van der Waals surface area (Å²) in [5, 5.41) is 0. The fourth-order valence-electron chi connectivity index (χ4n) is 1.84. The van der Waals surface area contributed by atoms with Crippen molar-refractivity contribution in [2.45, 2.75) is 13.5 Å². The number of hydrazine groups is 1. The molecule has 0 fully saturated rings. The summed E-state index contributed by atoms with van der Waals surface area (Å²) >= 11 is 0. The summed E-state index contributed by atoms with van der Waals surface area (Å²) in [4.78, 5) is 12.8. The van der Waals surface area contributed by atoms with E-state index in [9.17, 15) is 4.79 Å². The minimum Gasteiger partial charge on any atom is -0.486 e. The van der Waals surface area contributed by atoms with Gasteiger partial charge in [0.1, 0.15) is 13.2 Å². The number of carbonyl (C=O) groups is 1. The minimum absolute atomic E-state index is 0.329. The predicted molar refractivity (Wildman–Crippen MR) is 66.4 cm³/mol. The van der Waals surface area contributed by atoms with Crippen molar-refractivity contribution in [3.63, 3.8) is 0 Å². The quantitative estimate of drug-likeness (QED) is 0.462. The molecular weight excluding hydrogens is 234 g/mol. The largest absolute Gasteiger partial charge is 0.486 e. The maximum Gasteiger partial charge on any atom is 0.331 e. The molecule has 0 saturated heterocycles. The Morgan fingerprint density at radius 3 is 2.61 bits per heavy atom. The summed E-state index contributed by atoms with van der Waals surface area (Å²) in [5.74, 6) is 6.57. The zero-order valence-corrected chi connectivity index (χ0v) is 10.5. The summed E-state index contributed by atoms with van der Waals surface area (Å²) in [6.45, 7) is 3.56. The Kier molecular flexibility index (Phi) is 3.57. The number of urea groups is 1. The first kappa shape index (κ1) is 12.5. The molecular formula is C12H17N3O3. The van der Waals surface area contributed by atoms with Crippen molar-refractivity contribution >= 4 is 6.03 Å². The average Bonchev–Trinajstić information content (AvgIpc) is 2.38. The molecule has 6 nitrogen and oxygen atoms in total. The number of aryl methyl sites for hydroxylation is 1. The van der Waals surface area contributed by atoms with E-state index in [-0.39, 0.29) is 6.03 Å². The lowest BCUT2D eigenvalue weighted by molar-refractivity contribution is 0.171. The molecule has 0 atom stereocenters. The molecule has 0 radical (unpaired) electrons. The van der Waals surface area contributed by atoms with E-state index in [0.717, 1.165) is 22.6 Å². The molecule has 1 aliphatic heterocycles. The highest BCUT2D eigenvalue weighted by Gasteiger charge is 2.16. The topological polar surface area (TPSA) is 76.8 Å². The van der Waals surface area contributed by atoms with Gasteiger partial charge in [-0.2, -0.15) is 0 Å². The Morgan fingerprint density at radius 2 is 2.00 bits per heavy atom. The van der Waals surface area contributed by atoms with Crippen LogP contribution in [0.2, 0.25) is 0 Å². The monoisotopic (exact) mass is 251 g/mol. The number of nitrogens with zero attached hydrogens (tertiary/aromatic N) is 1. The van der Waals surface area contributed by atoms with E-state index in [0.29, 0.717) is 19.8 Å². The van der Waals surface area contributed by atoms with Crippen molar-refractivity contribution in [2.24, 2.45) is 5.84 Å². The number of ether oxygens (including phenoxy) is 2. The normalized spacial score (nSPS) is 13.1. The fourth-order valence-corrected chi connectivity index (χ4v) is 1.84. The van der Waals surface area contributed by atoms with Crippen molar-refractivity contribution in [3.05, 3.63) is 23.3 Å². The van der Waals surface area contributed by atoms with Gasteiger partial charge in [0.05, 0.1) is 0 Å². The summed E-state index contributed by atoms with van der Waals surface area (Å²) in [5.41, 5.74) is 4.15. The second kappa shape index (κ2) is 5.14. The Bertz CT molecular complexity index is 462. The van der Waals surface area contributed by atoms with Crippen LogP contribution in [0.5, 0.6) is 11.5 Å². The van der Waals surface area contributed by atoms with Crippen LogP contribution in [0.3, 0.4) is 0 Å². The van der Waals surface area contributed by atoms with Gasteiger partial charge in [-0.15, -0.1) is 0 Å². The zero-order chi connectivity index (χ0) is 13.1. The van der Waals surface area contributed by atoms with Crippen LogP contribution < -0.4 is 20.7 Å². The predicted octanol–water partition coefficient (Wildman–Crippen LogP) is 0.781. The molecule has 1 aromatic rings. The Labute approximate surface area is 106 Å². The lowest BCUT2D eigenvalue weighted by atomic mass is 10.1. The van der Waals surface area contributed by atoms with E-state index in [1.54, 1.807) is 7.05 Å². The van der Waals surface area contributed by atoms with E-state index < -0.39 is 0 Å². The number of nitrogens with one attached hydrogen (secondary N) is 1. The number of nitrogens with two attached hydrogens (primary N) is 1. The van der Waals surface area contributed by atoms with Gasteiger partial charge < -0.3 is 14.4 Å². The standard InChI is InChI=1S/C12H17N3O3/c1-8-5-10-11(18-4-3-17-10)6-9(8)7-15(2)12(16)14-13/h5-6H,3-4,7,13H2,1-2H3,(H,14,16). The number of benzene rings is 1. The number of hydrogen-bond acceptors (Lipinski definition) is 4. The number of amides is 2. The molecule has 1 heterocycles. The summed E-state index contributed by atoms with van der Waals surface area (Å²) in [6.07, 6.45) is 0. The van der Waals surface area contributed by atoms with E-state index in [1.807, 2.05) is 19.1 Å². The first-order valence-corrected chi connectivity index (χ1v) is 5.72. The van der Waals surface area contributed by atoms with Gasteiger partial charge >= 0.3 is 6.03 Å². The lowest BCUT2D eigenvalue weighted by Crippen LogP contribution is -2.40. The first-order chi connectivity index (χ1) is 8.61. The van der Waals surface area contributed by atoms with Crippen LogP contribution >= 0.6 is 0 Å². The molecule has 6 heteroatoms. The number of carbonyl (C=O) groups excluding carboxylic acids is 1. The van der Waals surface area contributed by atoms with Gasteiger partial charge in [0.2, 0.25) is 0 Å². The van der Waals surface area contributed by atoms with Crippen LogP contribution in [-0.2, 0) is 6.54 Å². The van der Waals surface area contributed by atoms with Crippen molar-refractivity contribution in [2.75, 3.05) is 20.3 Å². The Morgan fingerprint density at radius 1 is 1.39 bits per heavy atom. The van der Waals surface area contributed by atoms with Crippen molar-refractivity contribution < 1.29 is 14.3 Å². The van der Waals surface area contributed by atoms with Crippen molar-refractivity contribution in [3.8, 4) is 11.5 Å². The molecule has 98 valence electrons. The molecule has 2 rings (SSSR count). The minimum atomic E-state index is -0.329. The van der Waals surface area contributed by atoms with Gasteiger partial charge in [-0.05, 0) is 30.2 Å². The summed E-state index contributed by atoms with van der Waals surface area (Å²) < 4.78 is 11.0. The molecule has 0 unspecified atom stereocenters. The van der Waals surface area contributed by atoms with Crippen LogP contribution in [0, 0.1) is 6.92 Å². The van der Waals surface area contributed by atoms with Gasteiger partial charge in [0.15, 0.2) is 11.5 Å². The molecule has 0 aliphatic carbocycles. The lowest BCUT2D eigenvalue weighted by Gasteiger charge is -2.22. The SMILES string of the molecule is Cc1cc2c(cc1CN(C)C(=O)NN)OCCO2. The second-order valence-corrected chi connectivity index (χ2v) is 4.23. The molecule has 0 aromatic heterocycles. The maximum atomic E-state index is 11.4. The van der Waals surface area contributed by atoms with Crippen LogP contribution in [-0.4, -0.2) is 31.2 Å². The van der Waals surface area contributed by atoms with Crippen molar-refractivity contribution in [1.29, 1.82) is 0 Å². The summed E-state index contributed by atoms with van der Waals surface area (Å²) in [7, 11) is 1.68. The van der Waals surface area contributed by atoms with E-state index in [2.05, 4.69) is 5.43 Å². The van der Waals surface area contributed by atoms with Crippen molar-refractivity contribution in [1.82, 2.24) is 10.3 Å². The van der Waals surface area contributed by atoms with E-state index in [1.165, 1.54) is 4.90 Å². The van der Waals surface area contributed by atoms with E-state index in [4.69, 9.17) is 15.3 Å². The molecule has 0 spiro atoms. The third-order valence-corrected chi connectivity index (χ3v) is 2.88. The molecule has 1 aliphatic rings. The van der Waals surface area contributed by atoms with Gasteiger partial charge in [0, 0.05) is 13.6 Å². The zero-order valence-electron chi connectivity index (χ0n) is 10.5.